The SMILES string of the molecule is CCCCCCCCCCCCOC(=O)c1ccc(Cl)c(NC(=O)C(C(=O)Nc2cc(C(=O)OCCCCCCCCCCCC)ccc2Cl)n2nc3c(Br)c(Br)c(Br)c(Br)c3n2)c1. The molecule has 4 aromatic rings. The normalized spacial score (nSPS) is 11.3. The number of fused-ring (bicyclic) bond motifs is 1. The number of benzene rings is 3. The van der Waals surface area contributed by atoms with Crippen LogP contribution in [0.15, 0.2) is 54.3 Å². The molecule has 64 heavy (non-hydrogen) atoms. The lowest BCUT2D eigenvalue weighted by Crippen LogP contribution is -2.37. The molecule has 0 bridgehead atoms. The molecule has 2 N–H and O–H groups in total. The summed E-state index contributed by atoms with van der Waals surface area (Å²) >= 11 is 27.2. The van der Waals surface area contributed by atoms with Crippen molar-refractivity contribution in [3.63, 3.8) is 0 Å². The van der Waals surface area contributed by atoms with E-state index >= 15 is 0 Å². The van der Waals surface area contributed by atoms with Crippen molar-refractivity contribution in [2.24, 2.45) is 0 Å². The van der Waals surface area contributed by atoms with Gasteiger partial charge in [-0.2, -0.15) is 15.0 Å². The Morgan fingerprint density at radius 2 is 0.859 bits per heavy atom. The number of esters is 2. The molecule has 0 unspecified atom stereocenters. The van der Waals surface area contributed by atoms with Crippen LogP contribution >= 0.6 is 86.9 Å². The number of rotatable bonds is 29. The number of hydrogen-bond donors (Lipinski definition) is 2. The molecule has 1 heterocycles. The van der Waals surface area contributed by atoms with Gasteiger partial charge < -0.3 is 20.1 Å². The van der Waals surface area contributed by atoms with Gasteiger partial charge in [-0.3, -0.25) is 9.59 Å². The molecule has 0 saturated heterocycles. The fraction of sp³-hybridized carbons (Fsp3) is 0.532. The number of hydrogen-bond acceptors (Lipinski definition) is 8. The van der Waals surface area contributed by atoms with E-state index in [1.165, 1.54) is 126 Å². The lowest BCUT2D eigenvalue weighted by Gasteiger charge is -2.18. The summed E-state index contributed by atoms with van der Waals surface area (Å²) in [5.74, 6) is -2.91. The Bertz CT molecular complexity index is 2030. The van der Waals surface area contributed by atoms with Crippen LogP contribution in [0, 0.1) is 0 Å². The van der Waals surface area contributed by atoms with Crippen molar-refractivity contribution in [2.75, 3.05) is 23.8 Å². The van der Waals surface area contributed by atoms with E-state index in [1.54, 1.807) is 0 Å². The second kappa shape index (κ2) is 29.3. The number of carbonyl (C=O) groups excluding carboxylic acids is 4. The van der Waals surface area contributed by atoms with E-state index in [9.17, 15) is 19.2 Å². The van der Waals surface area contributed by atoms with Crippen molar-refractivity contribution in [1.29, 1.82) is 0 Å². The average Bonchev–Trinajstić information content (AvgIpc) is 3.72. The molecule has 1 aromatic heterocycles. The summed E-state index contributed by atoms with van der Waals surface area (Å²) < 4.78 is 13.4. The molecule has 0 aliphatic carbocycles. The summed E-state index contributed by atoms with van der Waals surface area (Å²) in [5.41, 5.74) is 1.13. The summed E-state index contributed by atoms with van der Waals surface area (Å²) in [5, 5.41) is 14.7. The molecule has 0 aliphatic rings. The van der Waals surface area contributed by atoms with Crippen LogP contribution < -0.4 is 10.6 Å². The highest BCUT2D eigenvalue weighted by atomic mass is 79.9. The zero-order chi connectivity index (χ0) is 46.4. The second-order valence-electron chi connectivity index (χ2n) is 15.9. The first-order valence-electron chi connectivity index (χ1n) is 22.5. The predicted octanol–water partition coefficient (Wildman–Crippen LogP) is 15.8. The van der Waals surface area contributed by atoms with E-state index in [0.717, 1.165) is 43.3 Å². The molecule has 2 amide bonds. The van der Waals surface area contributed by atoms with Gasteiger partial charge in [0, 0.05) is 8.95 Å². The van der Waals surface area contributed by atoms with E-state index < -0.39 is 29.8 Å². The van der Waals surface area contributed by atoms with Gasteiger partial charge in [0.1, 0.15) is 11.0 Å². The summed E-state index contributed by atoms with van der Waals surface area (Å²) in [6.07, 6.45) is 23.1. The van der Waals surface area contributed by atoms with Crippen LogP contribution in [0.5, 0.6) is 0 Å². The van der Waals surface area contributed by atoms with Crippen molar-refractivity contribution < 1.29 is 28.7 Å². The fourth-order valence-electron chi connectivity index (χ4n) is 7.04. The number of halogens is 6. The second-order valence-corrected chi connectivity index (χ2v) is 19.9. The van der Waals surface area contributed by atoms with Crippen LogP contribution in [0.1, 0.15) is 169 Å². The Kier molecular flexibility index (Phi) is 24.7. The molecular formula is C47H59Br4Cl2N5O6. The molecule has 4 rings (SSSR count). The third-order valence-electron chi connectivity index (χ3n) is 10.7. The summed E-state index contributed by atoms with van der Waals surface area (Å²) in [6.45, 7) is 4.96. The number of anilines is 2. The third-order valence-corrected chi connectivity index (χ3v) is 16.1. The molecule has 17 heteroatoms. The van der Waals surface area contributed by atoms with Crippen molar-refractivity contribution in [3.05, 3.63) is 75.5 Å². The van der Waals surface area contributed by atoms with E-state index in [2.05, 4.69) is 98.4 Å². The quantitative estimate of drug-likeness (QED) is 0.0180. The number of nitrogens with zero attached hydrogens (tertiary/aromatic N) is 3. The standard InChI is InChI=1S/C47H59Br4Cl2N5O6/c1-3-5-7-9-11-13-15-17-19-21-27-63-46(61)31-23-25-33(52)35(29-31)54-44(59)43(58-56-41-39(50)37(48)38(49)40(51)42(41)57-58)45(60)55-36-30-32(24-26-34(36)53)47(62)64-28-22-20-18-16-14-12-10-8-6-4-2/h23-26,29-30,43H,3-22,27-28H2,1-2H3,(H,54,59)(H,55,60). The number of carbonyl (C=O) groups is 4. The molecule has 11 nitrogen and oxygen atoms in total. The number of aromatic nitrogens is 3. The van der Waals surface area contributed by atoms with Crippen LogP contribution in [0.2, 0.25) is 10.0 Å². The highest BCUT2D eigenvalue weighted by Gasteiger charge is 2.34. The van der Waals surface area contributed by atoms with Gasteiger partial charge in [-0.05, 0) is 113 Å². The Balaban J connectivity index is 1.44. The van der Waals surface area contributed by atoms with Gasteiger partial charge in [-0.15, -0.1) is 0 Å². The number of amides is 2. The maximum absolute atomic E-state index is 14.3. The topological polar surface area (TPSA) is 142 Å². The van der Waals surface area contributed by atoms with Gasteiger partial charge in [-0.25, -0.2) is 9.59 Å². The first kappa shape index (κ1) is 54.0. The smallest absolute Gasteiger partial charge is 0.338 e. The summed E-state index contributed by atoms with van der Waals surface area (Å²) in [7, 11) is 0. The highest BCUT2D eigenvalue weighted by molar-refractivity contribution is 9.15. The van der Waals surface area contributed by atoms with Crippen molar-refractivity contribution in [3.8, 4) is 0 Å². The Morgan fingerprint density at radius 1 is 0.531 bits per heavy atom. The number of unbranched alkanes of at least 4 members (excludes halogenated alkanes) is 18. The Morgan fingerprint density at radius 3 is 1.20 bits per heavy atom. The summed E-state index contributed by atoms with van der Waals surface area (Å²) in [4.78, 5) is 55.7. The first-order chi connectivity index (χ1) is 30.9. The van der Waals surface area contributed by atoms with Gasteiger partial charge in [0.05, 0.1) is 54.7 Å². The van der Waals surface area contributed by atoms with Crippen molar-refractivity contribution >= 4 is 133 Å². The summed E-state index contributed by atoms with van der Waals surface area (Å²) in [6, 6.07) is 6.98. The number of nitrogens with one attached hydrogen (secondary N) is 2. The number of ether oxygens (including phenoxy) is 2. The van der Waals surface area contributed by atoms with Gasteiger partial charge in [0.25, 0.3) is 11.8 Å². The first-order valence-corrected chi connectivity index (χ1v) is 26.4. The maximum atomic E-state index is 14.3. The maximum Gasteiger partial charge on any atom is 0.338 e. The molecule has 0 saturated carbocycles. The van der Waals surface area contributed by atoms with Crippen molar-refractivity contribution in [2.45, 2.75) is 148 Å². The van der Waals surface area contributed by atoms with Gasteiger partial charge >= 0.3 is 11.9 Å². The lowest BCUT2D eigenvalue weighted by atomic mass is 10.1. The minimum atomic E-state index is -1.75. The zero-order valence-corrected chi connectivity index (χ0v) is 44.5. The van der Waals surface area contributed by atoms with Gasteiger partial charge in [-0.1, -0.05) is 153 Å². The molecule has 0 aliphatic heterocycles. The largest absolute Gasteiger partial charge is 0.462 e. The minimum Gasteiger partial charge on any atom is -0.462 e. The van der Waals surface area contributed by atoms with Crippen molar-refractivity contribution in [1.82, 2.24) is 15.0 Å². The minimum absolute atomic E-state index is 0.0626. The van der Waals surface area contributed by atoms with Crippen LogP contribution in [-0.4, -0.2) is 52.0 Å². The average molecular weight is 1180 g/mol. The highest BCUT2D eigenvalue weighted by Crippen LogP contribution is 2.42. The Labute approximate surface area is 421 Å². The van der Waals surface area contributed by atoms with E-state index in [-0.39, 0.29) is 45.8 Å². The molecule has 350 valence electrons. The molecule has 0 atom stereocenters. The predicted molar refractivity (Wildman–Crippen MR) is 272 cm³/mol. The molecule has 0 fully saturated rings. The Hall–Kier alpha value is -2.56. The third kappa shape index (κ3) is 16.9. The van der Waals surface area contributed by atoms with Gasteiger partial charge in [0.15, 0.2) is 0 Å². The monoisotopic (exact) mass is 1180 g/mol. The van der Waals surface area contributed by atoms with Gasteiger partial charge in [0.2, 0.25) is 6.04 Å². The van der Waals surface area contributed by atoms with E-state index in [4.69, 9.17) is 32.7 Å². The van der Waals surface area contributed by atoms with Crippen LogP contribution in [-0.2, 0) is 19.1 Å². The van der Waals surface area contributed by atoms with E-state index in [0.29, 0.717) is 28.9 Å². The fourth-order valence-corrected chi connectivity index (χ4v) is 9.60. The van der Waals surface area contributed by atoms with Crippen LogP contribution in [0.3, 0.4) is 0 Å². The zero-order valence-electron chi connectivity index (χ0n) is 36.7. The molecule has 0 radical (unpaired) electrons. The van der Waals surface area contributed by atoms with Crippen LogP contribution in [0.4, 0.5) is 11.4 Å². The molecule has 0 spiro atoms. The van der Waals surface area contributed by atoms with Crippen LogP contribution in [0.25, 0.3) is 11.0 Å². The molecule has 3 aromatic carbocycles. The van der Waals surface area contributed by atoms with E-state index in [1.807, 2.05) is 0 Å². The molecular weight excluding hydrogens is 1120 g/mol. The lowest BCUT2D eigenvalue weighted by molar-refractivity contribution is -0.129.